The van der Waals surface area contributed by atoms with E-state index in [1.165, 1.54) is 6.20 Å². The van der Waals surface area contributed by atoms with Crippen LogP contribution in [0.5, 0.6) is 0 Å². The van der Waals surface area contributed by atoms with Crippen LogP contribution in [0.2, 0.25) is 0 Å². The minimum Gasteiger partial charge on any atom is -0.320 e. The van der Waals surface area contributed by atoms with Gasteiger partial charge in [0.15, 0.2) is 0 Å². The molecule has 1 aliphatic rings. The van der Waals surface area contributed by atoms with E-state index in [-0.39, 0.29) is 0 Å². The minimum atomic E-state index is -3.38. The van der Waals surface area contributed by atoms with Crippen molar-refractivity contribution in [2.45, 2.75) is 30.0 Å². The summed E-state index contributed by atoms with van der Waals surface area (Å²) in [7, 11) is -1.49. The summed E-state index contributed by atoms with van der Waals surface area (Å²) < 4.78 is 28.3. The molecule has 2 heterocycles. The molecule has 6 nitrogen and oxygen atoms in total. The fraction of sp³-hybridized carbons (Fsp3) is 0.750. The standard InChI is InChI=1S/C12H22N4O2S2/c1-11-9-16(6-7-19-11)20(17,18)12-8-14-15(10-12)5-3-4-13-2/h8,10-11,13H,3-7,9H2,1-2H3. The predicted molar refractivity (Wildman–Crippen MR) is 81.4 cm³/mol. The molecule has 0 radical (unpaired) electrons. The number of thioether (sulfide) groups is 1. The third-order valence-electron chi connectivity index (χ3n) is 3.27. The molecule has 1 aliphatic heterocycles. The third kappa shape index (κ3) is 3.75. The molecule has 114 valence electrons. The van der Waals surface area contributed by atoms with Crippen molar-refractivity contribution in [3.05, 3.63) is 12.4 Å². The SMILES string of the molecule is CNCCCn1cc(S(=O)(=O)N2CCSC(C)C2)cn1. The van der Waals surface area contributed by atoms with Crippen molar-refractivity contribution in [1.82, 2.24) is 19.4 Å². The van der Waals surface area contributed by atoms with E-state index in [0.717, 1.165) is 25.3 Å². The average Bonchev–Trinajstić information content (AvgIpc) is 2.88. The Kier molecular flexibility index (Phi) is 5.48. The number of aryl methyl sites for hydroxylation is 1. The maximum atomic E-state index is 12.5. The summed E-state index contributed by atoms with van der Waals surface area (Å²) in [5.41, 5.74) is 0. The highest BCUT2D eigenvalue weighted by atomic mass is 32.2. The highest BCUT2D eigenvalue weighted by molar-refractivity contribution is 8.00. The number of hydrogen-bond acceptors (Lipinski definition) is 5. The summed E-state index contributed by atoms with van der Waals surface area (Å²) in [4.78, 5) is 0.307. The summed E-state index contributed by atoms with van der Waals surface area (Å²) in [6, 6.07) is 0. The van der Waals surface area contributed by atoms with Crippen LogP contribution in [0.25, 0.3) is 0 Å². The summed E-state index contributed by atoms with van der Waals surface area (Å²) >= 11 is 1.82. The first-order valence-corrected chi connectivity index (χ1v) is 9.31. The van der Waals surface area contributed by atoms with Gasteiger partial charge in [-0.2, -0.15) is 21.2 Å². The van der Waals surface area contributed by atoms with Crippen molar-refractivity contribution in [2.75, 3.05) is 32.4 Å². The van der Waals surface area contributed by atoms with Gasteiger partial charge in [-0.3, -0.25) is 4.68 Å². The molecule has 1 unspecified atom stereocenters. The monoisotopic (exact) mass is 318 g/mol. The van der Waals surface area contributed by atoms with Crippen LogP contribution in [0.15, 0.2) is 17.3 Å². The van der Waals surface area contributed by atoms with Crippen molar-refractivity contribution in [3.63, 3.8) is 0 Å². The zero-order chi connectivity index (χ0) is 14.6. The Labute approximate surface area is 125 Å². The Balaban J connectivity index is 2.05. The van der Waals surface area contributed by atoms with Gasteiger partial charge in [-0.15, -0.1) is 0 Å². The molecule has 20 heavy (non-hydrogen) atoms. The normalized spacial score (nSPS) is 21.2. The molecule has 1 aromatic rings. The molecule has 8 heteroatoms. The van der Waals surface area contributed by atoms with Gasteiger partial charge in [0.05, 0.1) is 6.20 Å². The zero-order valence-electron chi connectivity index (χ0n) is 11.9. The van der Waals surface area contributed by atoms with E-state index in [0.29, 0.717) is 23.2 Å². The summed E-state index contributed by atoms with van der Waals surface area (Å²) in [6.45, 7) is 4.85. The van der Waals surface area contributed by atoms with Crippen LogP contribution in [-0.4, -0.2) is 60.2 Å². The Hall–Kier alpha value is -0.570. The third-order valence-corrected chi connectivity index (χ3v) is 6.22. The number of sulfonamides is 1. The van der Waals surface area contributed by atoms with Crippen LogP contribution in [-0.2, 0) is 16.6 Å². The quantitative estimate of drug-likeness (QED) is 0.779. The summed E-state index contributed by atoms with van der Waals surface area (Å²) in [6.07, 6.45) is 4.02. The highest BCUT2D eigenvalue weighted by Crippen LogP contribution is 2.23. The maximum Gasteiger partial charge on any atom is 0.246 e. The van der Waals surface area contributed by atoms with Gasteiger partial charge in [-0.05, 0) is 20.0 Å². The topological polar surface area (TPSA) is 67.2 Å². The van der Waals surface area contributed by atoms with Gasteiger partial charge >= 0.3 is 0 Å². The fourth-order valence-corrected chi connectivity index (χ4v) is 4.88. The molecule has 0 saturated carbocycles. The molecule has 1 N–H and O–H groups in total. The van der Waals surface area contributed by atoms with Gasteiger partial charge in [0.25, 0.3) is 0 Å². The first-order valence-electron chi connectivity index (χ1n) is 6.83. The van der Waals surface area contributed by atoms with Crippen molar-refractivity contribution < 1.29 is 8.42 Å². The van der Waals surface area contributed by atoms with Crippen LogP contribution < -0.4 is 5.32 Å². The van der Waals surface area contributed by atoms with E-state index in [4.69, 9.17) is 0 Å². The second-order valence-corrected chi connectivity index (χ2v) is 8.42. The van der Waals surface area contributed by atoms with Gasteiger partial charge in [-0.1, -0.05) is 6.92 Å². The molecule has 0 bridgehead atoms. The Bertz CT molecular complexity index is 529. The van der Waals surface area contributed by atoms with Crippen LogP contribution in [0.4, 0.5) is 0 Å². The van der Waals surface area contributed by atoms with Crippen LogP contribution in [0.1, 0.15) is 13.3 Å². The van der Waals surface area contributed by atoms with Crippen molar-refractivity contribution in [2.24, 2.45) is 0 Å². The lowest BCUT2D eigenvalue weighted by atomic mass is 10.4. The number of rotatable bonds is 6. The fourth-order valence-electron chi connectivity index (χ4n) is 2.17. The molecule has 2 rings (SSSR count). The van der Waals surface area contributed by atoms with Gasteiger partial charge in [0.1, 0.15) is 4.90 Å². The van der Waals surface area contributed by atoms with Gasteiger partial charge < -0.3 is 5.32 Å². The average molecular weight is 318 g/mol. The molecule has 1 atom stereocenters. The van der Waals surface area contributed by atoms with E-state index in [1.54, 1.807) is 15.2 Å². The van der Waals surface area contributed by atoms with Crippen LogP contribution in [0, 0.1) is 0 Å². The zero-order valence-corrected chi connectivity index (χ0v) is 13.6. The van der Waals surface area contributed by atoms with Gasteiger partial charge in [0.2, 0.25) is 10.0 Å². The Morgan fingerprint density at radius 2 is 2.35 bits per heavy atom. The first-order chi connectivity index (χ1) is 9.54. The highest BCUT2D eigenvalue weighted by Gasteiger charge is 2.29. The second-order valence-electron chi connectivity index (χ2n) is 4.94. The van der Waals surface area contributed by atoms with Gasteiger partial charge in [-0.25, -0.2) is 8.42 Å². The predicted octanol–water partition coefficient (Wildman–Crippen LogP) is 0.619. The summed E-state index contributed by atoms with van der Waals surface area (Å²) in [5.74, 6) is 0.858. The lowest BCUT2D eigenvalue weighted by molar-refractivity contribution is 0.424. The van der Waals surface area contributed by atoms with Crippen LogP contribution >= 0.6 is 11.8 Å². The molecular formula is C12H22N4O2S2. The van der Waals surface area contributed by atoms with Crippen molar-refractivity contribution >= 4 is 21.8 Å². The molecular weight excluding hydrogens is 296 g/mol. The van der Waals surface area contributed by atoms with Crippen molar-refractivity contribution in [3.8, 4) is 0 Å². The molecule has 1 saturated heterocycles. The van der Waals surface area contributed by atoms with E-state index >= 15 is 0 Å². The van der Waals surface area contributed by atoms with E-state index in [2.05, 4.69) is 17.3 Å². The Morgan fingerprint density at radius 1 is 1.55 bits per heavy atom. The van der Waals surface area contributed by atoms with E-state index in [9.17, 15) is 8.42 Å². The number of aromatic nitrogens is 2. The maximum absolute atomic E-state index is 12.5. The van der Waals surface area contributed by atoms with Gasteiger partial charge in [0, 0.05) is 36.8 Å². The minimum absolute atomic E-state index is 0.307. The summed E-state index contributed by atoms with van der Waals surface area (Å²) in [5, 5.41) is 7.56. The molecule has 0 spiro atoms. The Morgan fingerprint density at radius 3 is 3.05 bits per heavy atom. The van der Waals surface area contributed by atoms with E-state index in [1.807, 2.05) is 18.8 Å². The lowest BCUT2D eigenvalue weighted by Crippen LogP contribution is -2.40. The first kappa shape index (κ1) is 15.8. The van der Waals surface area contributed by atoms with Crippen molar-refractivity contribution in [1.29, 1.82) is 0 Å². The molecule has 0 aromatic carbocycles. The molecule has 1 fully saturated rings. The number of nitrogens with zero attached hydrogens (tertiary/aromatic N) is 3. The lowest BCUT2D eigenvalue weighted by Gasteiger charge is -2.29. The largest absolute Gasteiger partial charge is 0.320 e. The van der Waals surface area contributed by atoms with Crippen LogP contribution in [0.3, 0.4) is 0 Å². The second kappa shape index (κ2) is 6.93. The number of hydrogen-bond donors (Lipinski definition) is 1. The molecule has 0 aliphatic carbocycles. The molecule has 0 amide bonds. The smallest absolute Gasteiger partial charge is 0.246 e. The molecule has 1 aromatic heterocycles. The number of nitrogens with one attached hydrogen (secondary N) is 1. The van der Waals surface area contributed by atoms with E-state index < -0.39 is 10.0 Å².